The van der Waals surface area contributed by atoms with Gasteiger partial charge in [-0.2, -0.15) is 0 Å². The van der Waals surface area contributed by atoms with Crippen molar-refractivity contribution < 1.29 is 19.8 Å². The number of aliphatic carboxylic acids is 1. The van der Waals surface area contributed by atoms with Gasteiger partial charge in [0.1, 0.15) is 0 Å². The topological polar surface area (TPSA) is 98.7 Å². The number of urea groups is 1. The van der Waals surface area contributed by atoms with Crippen LogP contribution in [0.15, 0.2) is 30.3 Å². The Morgan fingerprint density at radius 3 is 2.54 bits per heavy atom. The largest absolute Gasteiger partial charge is 0.481 e. The van der Waals surface area contributed by atoms with Crippen molar-refractivity contribution in [3.63, 3.8) is 0 Å². The normalized spacial score (nSPS) is 21.7. The number of carboxylic acid groups (broad SMARTS) is 1. The van der Waals surface area contributed by atoms with Crippen molar-refractivity contribution in [2.24, 2.45) is 0 Å². The Morgan fingerprint density at radius 2 is 1.88 bits per heavy atom. The van der Waals surface area contributed by atoms with Gasteiger partial charge in [0.05, 0.1) is 12.1 Å². The van der Waals surface area contributed by atoms with E-state index in [0.717, 1.165) is 24.8 Å². The van der Waals surface area contributed by atoms with E-state index in [-0.39, 0.29) is 24.5 Å². The number of carboxylic acids is 1. The van der Waals surface area contributed by atoms with Crippen molar-refractivity contribution in [3.05, 3.63) is 35.9 Å². The van der Waals surface area contributed by atoms with Gasteiger partial charge in [-0.15, -0.1) is 0 Å². The average Bonchev–Trinajstić information content (AvgIpc) is 2.56. The maximum absolute atomic E-state index is 12.2. The minimum atomic E-state index is -0.877. The van der Waals surface area contributed by atoms with Crippen LogP contribution in [0.25, 0.3) is 0 Å². The fourth-order valence-corrected chi connectivity index (χ4v) is 3.10. The van der Waals surface area contributed by atoms with Crippen molar-refractivity contribution in [1.29, 1.82) is 0 Å². The maximum Gasteiger partial charge on any atom is 0.315 e. The summed E-state index contributed by atoms with van der Waals surface area (Å²) in [6.07, 6.45) is 3.90. The molecule has 0 bridgehead atoms. The number of amides is 2. The Hall–Kier alpha value is -2.08. The zero-order valence-corrected chi connectivity index (χ0v) is 13.8. The Kier molecular flexibility index (Phi) is 7.06. The Morgan fingerprint density at radius 1 is 1.17 bits per heavy atom. The van der Waals surface area contributed by atoms with Crippen molar-refractivity contribution >= 4 is 12.0 Å². The van der Waals surface area contributed by atoms with E-state index < -0.39 is 12.1 Å². The number of nitrogens with one attached hydrogen (secondary N) is 2. The van der Waals surface area contributed by atoms with Crippen LogP contribution in [-0.4, -0.2) is 40.4 Å². The van der Waals surface area contributed by atoms with E-state index in [1.54, 1.807) is 0 Å². The molecule has 1 aliphatic rings. The van der Waals surface area contributed by atoms with Gasteiger partial charge in [-0.05, 0) is 31.2 Å². The van der Waals surface area contributed by atoms with Crippen LogP contribution in [0.4, 0.5) is 4.79 Å². The summed E-state index contributed by atoms with van der Waals surface area (Å²) in [4.78, 5) is 23.1. The second-order valence-electron chi connectivity index (χ2n) is 6.40. The number of rotatable bonds is 7. The first-order valence-corrected chi connectivity index (χ1v) is 8.55. The highest BCUT2D eigenvalue weighted by molar-refractivity contribution is 5.75. The van der Waals surface area contributed by atoms with Crippen molar-refractivity contribution in [3.8, 4) is 0 Å². The summed E-state index contributed by atoms with van der Waals surface area (Å²) >= 11 is 0. The zero-order valence-electron chi connectivity index (χ0n) is 13.8. The van der Waals surface area contributed by atoms with Crippen LogP contribution in [0, 0.1) is 0 Å². The molecule has 3 atom stereocenters. The number of hydrogen-bond donors (Lipinski definition) is 4. The third-order valence-corrected chi connectivity index (χ3v) is 4.41. The molecule has 0 aromatic heterocycles. The molecule has 1 aliphatic carbocycles. The lowest BCUT2D eigenvalue weighted by Crippen LogP contribution is -2.51. The molecule has 0 spiro atoms. The fourth-order valence-electron chi connectivity index (χ4n) is 3.10. The first kappa shape index (κ1) is 18.3. The molecule has 1 aromatic carbocycles. The standard InChI is InChI=1S/C18H26N2O4/c21-16-9-5-4-8-15(16)20-18(24)19-14(10-11-17(22)23)12-13-6-2-1-3-7-13/h1-3,6-7,14-16,21H,4-5,8-12H2,(H,22,23)(H2,19,20,24). The zero-order chi connectivity index (χ0) is 17.4. The quantitative estimate of drug-likeness (QED) is 0.613. The second kappa shape index (κ2) is 9.27. The maximum atomic E-state index is 12.2. The van der Waals surface area contributed by atoms with Gasteiger partial charge in [-0.1, -0.05) is 43.2 Å². The number of benzene rings is 1. The van der Waals surface area contributed by atoms with E-state index in [1.807, 2.05) is 30.3 Å². The molecule has 6 nitrogen and oxygen atoms in total. The van der Waals surface area contributed by atoms with Gasteiger partial charge in [0, 0.05) is 12.5 Å². The molecule has 3 unspecified atom stereocenters. The minimum Gasteiger partial charge on any atom is -0.481 e. The number of hydrogen-bond acceptors (Lipinski definition) is 3. The van der Waals surface area contributed by atoms with Gasteiger partial charge >= 0.3 is 12.0 Å². The highest BCUT2D eigenvalue weighted by Crippen LogP contribution is 2.18. The number of carbonyl (C=O) groups excluding carboxylic acids is 1. The number of carbonyl (C=O) groups is 2. The first-order chi connectivity index (χ1) is 11.5. The lowest BCUT2D eigenvalue weighted by Gasteiger charge is -2.29. The van der Waals surface area contributed by atoms with Gasteiger partial charge in [0.25, 0.3) is 0 Å². The monoisotopic (exact) mass is 334 g/mol. The molecule has 0 heterocycles. The van der Waals surface area contributed by atoms with Crippen LogP contribution < -0.4 is 10.6 Å². The van der Waals surface area contributed by atoms with Gasteiger partial charge in [0.15, 0.2) is 0 Å². The molecular formula is C18H26N2O4. The molecular weight excluding hydrogens is 308 g/mol. The smallest absolute Gasteiger partial charge is 0.315 e. The van der Waals surface area contributed by atoms with Crippen LogP contribution in [-0.2, 0) is 11.2 Å². The van der Waals surface area contributed by atoms with E-state index in [1.165, 1.54) is 0 Å². The van der Waals surface area contributed by atoms with Crippen LogP contribution >= 0.6 is 0 Å². The summed E-state index contributed by atoms with van der Waals surface area (Å²) in [5.41, 5.74) is 1.05. The van der Waals surface area contributed by atoms with E-state index in [2.05, 4.69) is 10.6 Å². The first-order valence-electron chi connectivity index (χ1n) is 8.55. The highest BCUT2D eigenvalue weighted by atomic mass is 16.4. The molecule has 4 N–H and O–H groups in total. The summed E-state index contributed by atoms with van der Waals surface area (Å²) in [6, 6.07) is 8.84. The van der Waals surface area contributed by atoms with Crippen LogP contribution in [0.2, 0.25) is 0 Å². The summed E-state index contributed by atoms with van der Waals surface area (Å²) in [7, 11) is 0. The molecule has 2 rings (SSSR count). The van der Waals surface area contributed by atoms with E-state index in [9.17, 15) is 14.7 Å². The predicted molar refractivity (Wildman–Crippen MR) is 90.7 cm³/mol. The number of aliphatic hydroxyl groups excluding tert-OH is 1. The summed E-state index contributed by atoms with van der Waals surface area (Å²) in [5, 5.41) is 24.5. The molecule has 132 valence electrons. The molecule has 1 fully saturated rings. The molecule has 24 heavy (non-hydrogen) atoms. The van der Waals surface area contributed by atoms with Crippen LogP contribution in [0.1, 0.15) is 44.1 Å². The molecule has 0 radical (unpaired) electrons. The van der Waals surface area contributed by atoms with Crippen LogP contribution in [0.5, 0.6) is 0 Å². The minimum absolute atomic E-state index is 0.00380. The molecule has 1 aromatic rings. The van der Waals surface area contributed by atoms with Gasteiger partial charge in [-0.25, -0.2) is 4.79 Å². The fraction of sp³-hybridized carbons (Fsp3) is 0.556. The van der Waals surface area contributed by atoms with Gasteiger partial charge in [0.2, 0.25) is 0 Å². The molecule has 6 heteroatoms. The van der Waals surface area contributed by atoms with Gasteiger partial charge < -0.3 is 20.8 Å². The lowest BCUT2D eigenvalue weighted by atomic mass is 9.93. The number of aliphatic hydroxyl groups is 1. The van der Waals surface area contributed by atoms with E-state index >= 15 is 0 Å². The van der Waals surface area contributed by atoms with E-state index in [4.69, 9.17) is 5.11 Å². The Balaban J connectivity index is 1.90. The molecule has 2 amide bonds. The lowest BCUT2D eigenvalue weighted by molar-refractivity contribution is -0.137. The molecule has 1 saturated carbocycles. The third-order valence-electron chi connectivity index (χ3n) is 4.41. The van der Waals surface area contributed by atoms with Crippen LogP contribution in [0.3, 0.4) is 0 Å². The summed E-state index contributed by atoms with van der Waals surface area (Å²) < 4.78 is 0. The van der Waals surface area contributed by atoms with Crippen molar-refractivity contribution in [2.75, 3.05) is 0 Å². The van der Waals surface area contributed by atoms with Crippen molar-refractivity contribution in [2.45, 2.75) is 63.1 Å². The Labute approximate surface area is 142 Å². The average molecular weight is 334 g/mol. The Bertz CT molecular complexity index is 535. The predicted octanol–water partition coefficient (Wildman–Crippen LogP) is 2.07. The highest BCUT2D eigenvalue weighted by Gasteiger charge is 2.25. The summed E-state index contributed by atoms with van der Waals surface area (Å²) in [5.74, 6) is -0.877. The van der Waals surface area contributed by atoms with Crippen molar-refractivity contribution in [1.82, 2.24) is 10.6 Å². The third kappa shape index (κ3) is 6.20. The van der Waals surface area contributed by atoms with E-state index in [0.29, 0.717) is 19.3 Å². The van der Waals surface area contributed by atoms with Gasteiger partial charge in [-0.3, -0.25) is 4.79 Å². The summed E-state index contributed by atoms with van der Waals surface area (Å²) in [6.45, 7) is 0. The molecule has 0 aliphatic heterocycles. The SMILES string of the molecule is O=C(O)CCC(Cc1ccccc1)NC(=O)NC1CCCCC1O. The second-order valence-corrected chi connectivity index (χ2v) is 6.40. The molecule has 0 saturated heterocycles.